The number of alkyl halides is 9. The summed E-state index contributed by atoms with van der Waals surface area (Å²) in [4.78, 5) is 26.4. The second-order valence-corrected chi connectivity index (χ2v) is 2.36. The van der Waals surface area contributed by atoms with Crippen molar-refractivity contribution in [2.75, 3.05) is 0 Å². The van der Waals surface area contributed by atoms with Crippen LogP contribution in [-0.2, 0) is 31.7 Å². The molecule has 0 radical (unpaired) electrons. The summed E-state index contributed by atoms with van der Waals surface area (Å²) in [7, 11) is 4.57. The van der Waals surface area contributed by atoms with E-state index in [0.717, 1.165) is 0 Å². The summed E-state index contributed by atoms with van der Waals surface area (Å²) in [5.41, 5.74) is 0. The maximum atomic E-state index is 10.5. The van der Waals surface area contributed by atoms with E-state index in [4.69, 9.17) is 29.7 Å². The van der Waals surface area contributed by atoms with Crippen LogP contribution in [-0.4, -0.2) is 36.4 Å². The molecule has 0 bridgehead atoms. The van der Waals surface area contributed by atoms with Gasteiger partial charge in [0.2, 0.25) is 0 Å². The topological polar surface area (TPSA) is 295 Å². The van der Waals surface area contributed by atoms with Crippen LogP contribution in [0.1, 0.15) is 0 Å². The van der Waals surface area contributed by atoms with Crippen LogP contribution < -0.4 is 46.1 Å². The zero-order valence-electron chi connectivity index (χ0n) is 13.1. The van der Waals surface area contributed by atoms with Gasteiger partial charge in [-0.1, -0.05) is 0 Å². The summed E-state index contributed by atoms with van der Waals surface area (Å²) in [6.45, 7) is 0. The van der Waals surface area contributed by atoms with Crippen LogP contribution in [0.5, 0.6) is 0 Å². The van der Waals surface area contributed by atoms with Crippen molar-refractivity contribution in [2.45, 2.75) is 18.5 Å². The van der Waals surface area contributed by atoms with Gasteiger partial charge in [-0.2, -0.15) is 39.5 Å². The molecule has 0 atom stereocenters. The molecule has 0 saturated heterocycles. The zero-order valence-corrected chi connectivity index (χ0v) is 15.6. The molecule has 28 heavy (non-hydrogen) atoms. The Labute approximate surface area is 164 Å². The van der Waals surface area contributed by atoms with Crippen molar-refractivity contribution in [3.05, 3.63) is 0 Å². The van der Waals surface area contributed by atoms with Crippen LogP contribution in [0.4, 0.5) is 39.5 Å². The molecule has 11 nitrogen and oxygen atoms in total. The minimum absolute atomic E-state index is 0. The number of rotatable bonds is 0. The van der Waals surface area contributed by atoms with Gasteiger partial charge in [-0.05, 0) is 0 Å². The van der Waals surface area contributed by atoms with Gasteiger partial charge in [0.15, 0.2) is 0 Å². The van der Waals surface area contributed by atoms with Crippen molar-refractivity contribution < 1.29 is 86.5 Å². The van der Waals surface area contributed by atoms with E-state index in [1.54, 1.807) is 0 Å². The first kappa shape index (κ1) is 56.3. The van der Waals surface area contributed by atoms with Crippen molar-refractivity contribution in [2.24, 2.45) is 0 Å². The summed E-state index contributed by atoms with van der Waals surface area (Å²) in [5.74, 6) is -9.02. The first-order valence-corrected chi connectivity index (χ1v) is 6.05. The normalized spacial score (nSPS) is 8.64. The van der Waals surface area contributed by atoms with E-state index in [1.165, 1.54) is 0 Å². The Morgan fingerprint density at radius 2 is 0.536 bits per heavy atom. The standard InChI is InChI=1S/3C2HF3O2.ClH.5H3N.Ru/c3*3-2(4,5)1(6)7;;;;;;;/h3*(H,6,7);1H;5*1H3;/q;;;;;;;;;+4/p-4. The van der Waals surface area contributed by atoms with E-state index in [2.05, 4.69) is 9.69 Å². The van der Waals surface area contributed by atoms with Crippen LogP contribution in [0, 0.1) is 0 Å². The predicted octanol–water partition coefficient (Wildman–Crippen LogP) is -0.607. The van der Waals surface area contributed by atoms with Crippen molar-refractivity contribution in [1.29, 1.82) is 0 Å². The minimum atomic E-state index is -5.19. The second-order valence-electron chi connectivity index (χ2n) is 2.36. The summed E-state index contributed by atoms with van der Waals surface area (Å²) < 4.78 is 94.6. The molecule has 0 aliphatic carbocycles. The fraction of sp³-hybridized carbons (Fsp3) is 0.500. The van der Waals surface area contributed by atoms with Gasteiger partial charge in [-0.3, -0.25) is 0 Å². The molecule has 0 rings (SSSR count). The number of carbonyl (C=O) groups excluding carboxylic acids is 3. The number of carboxylic acids is 3. The molecule has 0 unspecified atom stereocenters. The SMILES string of the molecule is N.N.N.N.N.O=C([O-])C(F)(F)F.O=C([O-])C(F)(F)F.O=C([O-])C(F)(F)F.[Cl][Ru+3]. The number of hydrogen-bond acceptors (Lipinski definition) is 11. The van der Waals surface area contributed by atoms with E-state index in [-0.39, 0.29) is 30.8 Å². The molecule has 0 fully saturated rings. The van der Waals surface area contributed by atoms with E-state index < -0.39 is 36.4 Å². The molecule has 0 heterocycles. The van der Waals surface area contributed by atoms with Gasteiger partial charge in [0, 0.05) is 0 Å². The molecule has 0 aromatic carbocycles. The van der Waals surface area contributed by atoms with Crippen LogP contribution >= 0.6 is 9.69 Å². The Hall–Kier alpha value is -1.51. The molecule has 0 spiro atoms. The monoisotopic (exact) mass is 561 g/mol. The van der Waals surface area contributed by atoms with Crippen LogP contribution in [0.2, 0.25) is 0 Å². The molecule has 22 heteroatoms. The first-order valence-electron chi connectivity index (χ1n) is 3.81. The van der Waals surface area contributed by atoms with Crippen molar-refractivity contribution >= 4 is 27.6 Å². The van der Waals surface area contributed by atoms with Gasteiger partial charge in [-0.25, -0.2) is 0 Å². The van der Waals surface area contributed by atoms with Crippen LogP contribution in [0.3, 0.4) is 0 Å². The Kier molecular flexibility index (Phi) is 47.3. The molecule has 0 amide bonds. The number of aliphatic carboxylic acids is 3. The fourth-order valence-corrected chi connectivity index (χ4v) is 0. The third-order valence-electron chi connectivity index (χ3n) is 0.694. The Bertz CT molecular complexity index is 338. The molecule has 0 aliphatic heterocycles. The molecule has 178 valence electrons. The molecule has 0 aromatic heterocycles. The second kappa shape index (κ2) is 23.5. The molecular formula is C6H15ClF9N5O6Ru. The molecule has 0 saturated carbocycles. The summed E-state index contributed by atoms with van der Waals surface area (Å²) in [6, 6.07) is 0. The summed E-state index contributed by atoms with van der Waals surface area (Å²) in [5, 5.41) is 26.4. The summed E-state index contributed by atoms with van der Waals surface area (Å²) in [6.07, 6.45) is -15.6. The Morgan fingerprint density at radius 1 is 0.500 bits per heavy atom. The van der Waals surface area contributed by atoms with Crippen molar-refractivity contribution in [3.8, 4) is 0 Å². The van der Waals surface area contributed by atoms with Crippen molar-refractivity contribution in [1.82, 2.24) is 30.8 Å². The van der Waals surface area contributed by atoms with E-state index in [1.807, 2.05) is 17.3 Å². The predicted molar refractivity (Wildman–Crippen MR) is 64.1 cm³/mol. The molecule has 0 aliphatic rings. The average molecular weight is 561 g/mol. The van der Waals surface area contributed by atoms with Gasteiger partial charge in [-0.15, -0.1) is 0 Å². The Morgan fingerprint density at radius 3 is 0.536 bits per heavy atom. The maximum absolute atomic E-state index is 10.5. The van der Waals surface area contributed by atoms with Gasteiger partial charge in [0.25, 0.3) is 0 Å². The zero-order chi connectivity index (χ0) is 20.2. The van der Waals surface area contributed by atoms with Crippen molar-refractivity contribution in [3.63, 3.8) is 0 Å². The quantitative estimate of drug-likeness (QED) is 0.184. The number of halogens is 10. The molecule has 0 aromatic rings. The fourth-order valence-electron chi connectivity index (χ4n) is 0. The van der Waals surface area contributed by atoms with Gasteiger partial charge in [0.1, 0.15) is 17.9 Å². The van der Waals surface area contributed by atoms with Gasteiger partial charge in [0.05, 0.1) is 0 Å². The molecular weight excluding hydrogens is 546 g/mol. The number of carbonyl (C=O) groups is 3. The average Bonchev–Trinajstić information content (AvgIpc) is 2.29. The third-order valence-corrected chi connectivity index (χ3v) is 0.694. The van der Waals surface area contributed by atoms with Crippen LogP contribution in [0.25, 0.3) is 0 Å². The van der Waals surface area contributed by atoms with E-state index >= 15 is 0 Å². The van der Waals surface area contributed by atoms with Gasteiger partial charge >= 0.3 is 45.5 Å². The number of hydrogen-bond donors (Lipinski definition) is 5. The Balaban J connectivity index is -0.0000000243. The molecule has 15 N–H and O–H groups in total. The number of carboxylic acid groups (broad SMARTS) is 3. The van der Waals surface area contributed by atoms with E-state index in [0.29, 0.717) is 0 Å². The third kappa shape index (κ3) is 49.7. The van der Waals surface area contributed by atoms with E-state index in [9.17, 15) is 39.5 Å². The first-order chi connectivity index (χ1) is 9.83. The van der Waals surface area contributed by atoms with Gasteiger partial charge < -0.3 is 60.5 Å². The summed E-state index contributed by atoms with van der Waals surface area (Å²) >= 11 is 1.82. The van der Waals surface area contributed by atoms with Crippen LogP contribution in [0.15, 0.2) is 0 Å².